The van der Waals surface area contributed by atoms with Crippen LogP contribution in [0.3, 0.4) is 0 Å². The molecule has 4 rings (SSSR count). The van der Waals surface area contributed by atoms with Crippen LogP contribution in [0.2, 0.25) is 0 Å². The van der Waals surface area contributed by atoms with Crippen LogP contribution in [0, 0.1) is 6.92 Å². The molecule has 1 fully saturated rings. The second-order valence-corrected chi connectivity index (χ2v) is 7.46. The van der Waals surface area contributed by atoms with Crippen molar-refractivity contribution in [2.75, 3.05) is 32.9 Å². The highest BCUT2D eigenvalue weighted by Crippen LogP contribution is 2.33. The second-order valence-electron chi connectivity index (χ2n) is 7.46. The lowest BCUT2D eigenvalue weighted by atomic mass is 10.0. The lowest BCUT2D eigenvalue weighted by Gasteiger charge is -2.29. The molecule has 1 saturated heterocycles. The monoisotopic (exact) mass is 406 g/mol. The molecule has 30 heavy (non-hydrogen) atoms. The average molecular weight is 406 g/mol. The van der Waals surface area contributed by atoms with Crippen molar-refractivity contribution in [1.29, 1.82) is 0 Å². The van der Waals surface area contributed by atoms with Crippen LogP contribution in [0.4, 0.5) is 0 Å². The van der Waals surface area contributed by atoms with Crippen molar-refractivity contribution in [3.63, 3.8) is 0 Å². The Morgan fingerprint density at radius 2 is 1.60 bits per heavy atom. The van der Waals surface area contributed by atoms with E-state index >= 15 is 0 Å². The summed E-state index contributed by atoms with van der Waals surface area (Å²) in [4.78, 5) is 30.1. The van der Waals surface area contributed by atoms with Crippen molar-refractivity contribution < 1.29 is 19.1 Å². The third kappa shape index (κ3) is 3.96. The molecule has 0 saturated carbocycles. The van der Waals surface area contributed by atoms with Gasteiger partial charge in [0.05, 0.1) is 31.9 Å². The first-order chi connectivity index (χ1) is 14.6. The van der Waals surface area contributed by atoms with Gasteiger partial charge in [-0.15, -0.1) is 0 Å². The molecule has 0 unspecified atom stereocenters. The van der Waals surface area contributed by atoms with Gasteiger partial charge in [0.15, 0.2) is 0 Å². The van der Waals surface area contributed by atoms with E-state index in [1.54, 1.807) is 0 Å². The number of carbonyl (C=O) groups is 2. The van der Waals surface area contributed by atoms with Crippen molar-refractivity contribution in [3.05, 3.63) is 70.9 Å². The first kappa shape index (κ1) is 20.2. The molecular formula is C24H26N2O4. The van der Waals surface area contributed by atoms with Crippen molar-refractivity contribution in [1.82, 2.24) is 9.80 Å². The van der Waals surface area contributed by atoms with E-state index in [4.69, 9.17) is 9.47 Å². The van der Waals surface area contributed by atoms with Gasteiger partial charge >= 0.3 is 0 Å². The van der Waals surface area contributed by atoms with Crippen molar-refractivity contribution in [2.24, 2.45) is 0 Å². The Morgan fingerprint density at radius 1 is 0.933 bits per heavy atom. The quantitative estimate of drug-likeness (QED) is 0.691. The Bertz CT molecular complexity index is 958. The molecule has 6 nitrogen and oxygen atoms in total. The molecular weight excluding hydrogens is 380 g/mol. The zero-order valence-electron chi connectivity index (χ0n) is 17.4. The molecule has 0 atom stereocenters. The van der Waals surface area contributed by atoms with E-state index in [1.807, 2.05) is 67.3 Å². The van der Waals surface area contributed by atoms with E-state index in [1.165, 1.54) is 4.90 Å². The van der Waals surface area contributed by atoms with Gasteiger partial charge in [-0.25, -0.2) is 0 Å². The lowest BCUT2D eigenvalue weighted by Crippen LogP contribution is -2.40. The minimum Gasteiger partial charge on any atom is -0.494 e. The summed E-state index contributed by atoms with van der Waals surface area (Å²) < 4.78 is 11.0. The number of nitrogens with zero attached hydrogens (tertiary/aromatic N) is 2. The summed E-state index contributed by atoms with van der Waals surface area (Å²) in [5.41, 5.74) is 3.72. The van der Waals surface area contributed by atoms with Gasteiger partial charge in [-0.1, -0.05) is 42.0 Å². The zero-order chi connectivity index (χ0) is 21.1. The number of imide groups is 1. The summed E-state index contributed by atoms with van der Waals surface area (Å²) in [5.74, 6) is 0.237. The number of benzene rings is 2. The van der Waals surface area contributed by atoms with Gasteiger partial charge in [-0.3, -0.25) is 14.5 Å². The van der Waals surface area contributed by atoms with Crippen LogP contribution in [-0.4, -0.2) is 54.5 Å². The molecule has 2 aliphatic heterocycles. The second kappa shape index (κ2) is 8.71. The highest BCUT2D eigenvalue weighted by Gasteiger charge is 2.41. The number of aryl methyl sites for hydroxylation is 1. The van der Waals surface area contributed by atoms with Crippen LogP contribution in [0.5, 0.6) is 5.75 Å². The number of carbonyl (C=O) groups excluding carboxylic acids is 2. The van der Waals surface area contributed by atoms with E-state index in [0.29, 0.717) is 44.2 Å². The zero-order valence-corrected chi connectivity index (χ0v) is 17.4. The average Bonchev–Trinajstić information content (AvgIpc) is 3.01. The predicted molar refractivity (Wildman–Crippen MR) is 114 cm³/mol. The molecule has 0 spiro atoms. The lowest BCUT2D eigenvalue weighted by molar-refractivity contribution is -0.138. The standard InChI is InChI=1S/C24H26N2O4/c1-3-30-20-10-8-19(9-11-20)21-22(25-12-14-29-15-13-25)24(28)26(23(21)27)16-18-6-4-17(2)5-7-18/h4-11H,3,12-16H2,1-2H3. The van der Waals surface area contributed by atoms with Gasteiger partial charge in [0.25, 0.3) is 11.8 Å². The van der Waals surface area contributed by atoms with Crippen molar-refractivity contribution in [2.45, 2.75) is 20.4 Å². The van der Waals surface area contributed by atoms with Gasteiger partial charge in [-0.05, 0) is 37.1 Å². The molecule has 2 aromatic rings. The summed E-state index contributed by atoms with van der Waals surface area (Å²) in [7, 11) is 0. The van der Waals surface area contributed by atoms with Crippen LogP contribution in [0.25, 0.3) is 5.57 Å². The SMILES string of the molecule is CCOc1ccc(C2=C(N3CCOCC3)C(=O)N(Cc3ccc(C)cc3)C2=O)cc1. The summed E-state index contributed by atoms with van der Waals surface area (Å²) in [5, 5.41) is 0. The van der Waals surface area contributed by atoms with Crippen LogP contribution in [0.15, 0.2) is 54.2 Å². The minimum absolute atomic E-state index is 0.244. The summed E-state index contributed by atoms with van der Waals surface area (Å²) in [6.07, 6.45) is 0. The van der Waals surface area contributed by atoms with Crippen molar-refractivity contribution >= 4 is 17.4 Å². The Balaban J connectivity index is 1.69. The number of amides is 2. The summed E-state index contributed by atoms with van der Waals surface area (Å²) >= 11 is 0. The van der Waals surface area contributed by atoms with E-state index in [-0.39, 0.29) is 18.4 Å². The summed E-state index contributed by atoms with van der Waals surface area (Å²) in [6, 6.07) is 15.3. The molecule has 2 aliphatic rings. The highest BCUT2D eigenvalue weighted by atomic mass is 16.5. The van der Waals surface area contributed by atoms with Crippen LogP contribution < -0.4 is 4.74 Å². The number of ether oxygens (including phenoxy) is 2. The first-order valence-electron chi connectivity index (χ1n) is 10.3. The van der Waals surface area contributed by atoms with Crippen LogP contribution >= 0.6 is 0 Å². The van der Waals surface area contributed by atoms with E-state index in [9.17, 15) is 9.59 Å². The third-order valence-corrected chi connectivity index (χ3v) is 5.39. The van der Waals surface area contributed by atoms with Gasteiger partial charge in [0.2, 0.25) is 0 Å². The predicted octanol–water partition coefficient (Wildman–Crippen LogP) is 3.01. The summed E-state index contributed by atoms with van der Waals surface area (Å²) in [6.45, 7) is 7.03. The Hall–Kier alpha value is -3.12. The third-order valence-electron chi connectivity index (χ3n) is 5.39. The minimum atomic E-state index is -0.258. The smallest absolute Gasteiger partial charge is 0.278 e. The number of hydrogen-bond acceptors (Lipinski definition) is 5. The van der Waals surface area contributed by atoms with E-state index in [0.717, 1.165) is 22.4 Å². The Labute approximate surface area is 176 Å². The van der Waals surface area contributed by atoms with E-state index < -0.39 is 0 Å². The maximum atomic E-state index is 13.4. The maximum Gasteiger partial charge on any atom is 0.278 e. The Kier molecular flexibility index (Phi) is 5.86. The number of hydrogen-bond donors (Lipinski definition) is 0. The fourth-order valence-corrected chi connectivity index (χ4v) is 3.81. The van der Waals surface area contributed by atoms with Gasteiger partial charge in [0.1, 0.15) is 11.4 Å². The van der Waals surface area contributed by atoms with Gasteiger partial charge in [-0.2, -0.15) is 0 Å². The van der Waals surface area contributed by atoms with Crippen LogP contribution in [-0.2, 0) is 20.9 Å². The molecule has 0 aliphatic carbocycles. The van der Waals surface area contributed by atoms with E-state index in [2.05, 4.69) is 0 Å². The topological polar surface area (TPSA) is 59.1 Å². The van der Waals surface area contributed by atoms with Gasteiger partial charge < -0.3 is 14.4 Å². The molecule has 0 aromatic heterocycles. The molecule has 2 amide bonds. The molecule has 0 bridgehead atoms. The molecule has 6 heteroatoms. The normalized spacial score (nSPS) is 17.1. The highest BCUT2D eigenvalue weighted by molar-refractivity contribution is 6.35. The maximum absolute atomic E-state index is 13.4. The molecule has 0 radical (unpaired) electrons. The molecule has 2 heterocycles. The van der Waals surface area contributed by atoms with Crippen molar-refractivity contribution in [3.8, 4) is 5.75 Å². The molecule has 0 N–H and O–H groups in total. The largest absolute Gasteiger partial charge is 0.494 e. The molecule has 2 aromatic carbocycles. The number of rotatable bonds is 6. The number of morpholine rings is 1. The Morgan fingerprint density at radius 3 is 2.23 bits per heavy atom. The van der Waals surface area contributed by atoms with Gasteiger partial charge in [0, 0.05) is 13.1 Å². The fourth-order valence-electron chi connectivity index (χ4n) is 3.81. The first-order valence-corrected chi connectivity index (χ1v) is 10.3. The van der Waals surface area contributed by atoms with Crippen LogP contribution in [0.1, 0.15) is 23.6 Å². The fraction of sp³-hybridized carbons (Fsp3) is 0.333. The molecule has 156 valence electrons.